The van der Waals surface area contributed by atoms with E-state index in [1.54, 1.807) is 24.3 Å². The lowest BCUT2D eigenvalue weighted by Crippen LogP contribution is -2.26. The number of hydrogen-bond acceptors (Lipinski definition) is 4. The van der Waals surface area contributed by atoms with Crippen LogP contribution in [0.5, 0.6) is 0 Å². The van der Waals surface area contributed by atoms with Gasteiger partial charge in [-0.25, -0.2) is 0 Å². The van der Waals surface area contributed by atoms with Crippen LogP contribution in [0.1, 0.15) is 17.3 Å². The Balaban J connectivity index is 1.82. The largest absolute Gasteiger partial charge is 0.324 e. The average molecular weight is 330 g/mol. The average Bonchev–Trinajstić information content (AvgIpc) is 2.48. The van der Waals surface area contributed by atoms with Crippen LogP contribution in [0.2, 0.25) is 0 Å². The number of hydrogen-bond donors (Lipinski definition) is 3. The highest BCUT2D eigenvalue weighted by molar-refractivity contribution is 8.00. The SMILES string of the molecule is CC1Sc2ccc(C(=O)Nc3cccc(S)c3)cc2NC1=O. The van der Waals surface area contributed by atoms with Crippen molar-refractivity contribution >= 4 is 47.6 Å². The van der Waals surface area contributed by atoms with Crippen LogP contribution in [0.25, 0.3) is 0 Å². The minimum atomic E-state index is -0.223. The summed E-state index contributed by atoms with van der Waals surface area (Å²) in [7, 11) is 0. The summed E-state index contributed by atoms with van der Waals surface area (Å²) in [5.74, 6) is -0.266. The molecular weight excluding hydrogens is 316 g/mol. The molecule has 0 aliphatic carbocycles. The maximum atomic E-state index is 12.3. The summed E-state index contributed by atoms with van der Waals surface area (Å²) in [6, 6.07) is 12.6. The zero-order valence-corrected chi connectivity index (χ0v) is 13.5. The summed E-state index contributed by atoms with van der Waals surface area (Å²) in [4.78, 5) is 25.8. The number of anilines is 2. The number of fused-ring (bicyclic) bond motifs is 1. The van der Waals surface area contributed by atoms with Gasteiger partial charge in [0.15, 0.2) is 0 Å². The molecule has 0 bridgehead atoms. The summed E-state index contributed by atoms with van der Waals surface area (Å²) in [5, 5.41) is 5.52. The number of amides is 2. The molecule has 1 heterocycles. The molecule has 2 amide bonds. The van der Waals surface area contributed by atoms with Crippen molar-refractivity contribution in [3.05, 3.63) is 48.0 Å². The van der Waals surface area contributed by atoms with E-state index in [0.717, 1.165) is 9.79 Å². The normalized spacial score (nSPS) is 16.6. The molecule has 1 unspecified atom stereocenters. The molecule has 0 spiro atoms. The summed E-state index contributed by atoms with van der Waals surface area (Å²) in [6.07, 6.45) is 0. The maximum absolute atomic E-state index is 12.3. The number of rotatable bonds is 2. The third-order valence-electron chi connectivity index (χ3n) is 3.28. The predicted molar refractivity (Wildman–Crippen MR) is 92.0 cm³/mol. The summed E-state index contributed by atoms with van der Waals surface area (Å²) in [6.45, 7) is 1.86. The minimum Gasteiger partial charge on any atom is -0.324 e. The molecule has 0 aromatic heterocycles. The number of thiol groups is 1. The maximum Gasteiger partial charge on any atom is 0.255 e. The van der Waals surface area contributed by atoms with Crippen LogP contribution in [0.15, 0.2) is 52.3 Å². The molecule has 2 aromatic rings. The molecule has 4 nitrogen and oxygen atoms in total. The van der Waals surface area contributed by atoms with Crippen LogP contribution in [0.3, 0.4) is 0 Å². The third kappa shape index (κ3) is 3.13. The van der Waals surface area contributed by atoms with Crippen LogP contribution < -0.4 is 10.6 Å². The number of thioether (sulfide) groups is 1. The lowest BCUT2D eigenvalue weighted by Gasteiger charge is -2.21. The topological polar surface area (TPSA) is 58.2 Å². The third-order valence-corrected chi connectivity index (χ3v) is 4.73. The first-order valence-corrected chi connectivity index (χ1v) is 8.07. The first kappa shape index (κ1) is 15.0. The summed E-state index contributed by atoms with van der Waals surface area (Å²) in [5.41, 5.74) is 1.87. The van der Waals surface area contributed by atoms with E-state index in [2.05, 4.69) is 23.3 Å². The highest BCUT2D eigenvalue weighted by Gasteiger charge is 2.23. The highest BCUT2D eigenvalue weighted by atomic mass is 32.2. The molecule has 22 heavy (non-hydrogen) atoms. The number of nitrogens with one attached hydrogen (secondary N) is 2. The molecule has 0 saturated heterocycles. The van der Waals surface area contributed by atoms with Gasteiger partial charge in [-0.05, 0) is 43.3 Å². The highest BCUT2D eigenvalue weighted by Crippen LogP contribution is 2.36. The Morgan fingerprint density at radius 3 is 2.86 bits per heavy atom. The molecule has 1 aliphatic heterocycles. The standard InChI is InChI=1S/C16H14N2O2S2/c1-9-15(19)18-13-7-10(5-6-14(13)22-9)16(20)17-11-3-2-4-12(21)8-11/h2-9,21H,1H3,(H,17,20)(H,18,19). The van der Waals surface area contributed by atoms with E-state index in [-0.39, 0.29) is 17.1 Å². The quantitative estimate of drug-likeness (QED) is 0.737. The van der Waals surface area contributed by atoms with Crippen molar-refractivity contribution in [3.63, 3.8) is 0 Å². The zero-order valence-electron chi connectivity index (χ0n) is 11.8. The van der Waals surface area contributed by atoms with Crippen molar-refractivity contribution in [1.82, 2.24) is 0 Å². The van der Waals surface area contributed by atoms with E-state index in [4.69, 9.17) is 0 Å². The van der Waals surface area contributed by atoms with Crippen LogP contribution in [0.4, 0.5) is 11.4 Å². The van der Waals surface area contributed by atoms with Crippen molar-refractivity contribution in [2.45, 2.75) is 22.0 Å². The fourth-order valence-corrected chi connectivity index (χ4v) is 3.29. The zero-order chi connectivity index (χ0) is 15.7. The number of carbonyl (C=O) groups is 2. The molecule has 0 fully saturated rings. The molecule has 0 radical (unpaired) electrons. The second-order valence-electron chi connectivity index (χ2n) is 4.96. The fraction of sp³-hybridized carbons (Fsp3) is 0.125. The Hall–Kier alpha value is -1.92. The fourth-order valence-electron chi connectivity index (χ4n) is 2.14. The molecular formula is C16H14N2O2S2. The van der Waals surface area contributed by atoms with E-state index in [1.165, 1.54) is 11.8 Å². The molecule has 112 valence electrons. The molecule has 1 atom stereocenters. The predicted octanol–water partition coefficient (Wildman–Crippen LogP) is 3.66. The van der Waals surface area contributed by atoms with E-state index in [1.807, 2.05) is 25.1 Å². The minimum absolute atomic E-state index is 0.0437. The number of carbonyl (C=O) groups excluding carboxylic acids is 2. The molecule has 2 aromatic carbocycles. The smallest absolute Gasteiger partial charge is 0.255 e. The molecule has 3 rings (SSSR count). The number of benzene rings is 2. The van der Waals surface area contributed by atoms with Crippen LogP contribution in [0, 0.1) is 0 Å². The van der Waals surface area contributed by atoms with Crippen LogP contribution in [-0.2, 0) is 4.79 Å². The van der Waals surface area contributed by atoms with Gasteiger partial charge in [0.25, 0.3) is 5.91 Å². The van der Waals surface area contributed by atoms with Crippen LogP contribution in [-0.4, -0.2) is 17.1 Å². The van der Waals surface area contributed by atoms with Crippen molar-refractivity contribution in [2.24, 2.45) is 0 Å². The molecule has 2 N–H and O–H groups in total. The lowest BCUT2D eigenvalue weighted by atomic mass is 10.1. The molecule has 1 aliphatic rings. The Morgan fingerprint density at radius 2 is 2.09 bits per heavy atom. The van der Waals surface area contributed by atoms with Crippen molar-refractivity contribution < 1.29 is 9.59 Å². The molecule has 6 heteroatoms. The van der Waals surface area contributed by atoms with Gasteiger partial charge in [-0.2, -0.15) is 0 Å². The van der Waals surface area contributed by atoms with Crippen LogP contribution >= 0.6 is 24.4 Å². The Labute approximate surface area is 138 Å². The Bertz CT molecular complexity index is 762. The molecule has 0 saturated carbocycles. The van der Waals surface area contributed by atoms with E-state index in [9.17, 15) is 9.59 Å². The van der Waals surface area contributed by atoms with Gasteiger partial charge in [0.05, 0.1) is 10.9 Å². The van der Waals surface area contributed by atoms with Gasteiger partial charge in [-0.3, -0.25) is 9.59 Å². The van der Waals surface area contributed by atoms with Gasteiger partial charge in [0, 0.05) is 21.0 Å². The summed E-state index contributed by atoms with van der Waals surface area (Å²) < 4.78 is 0. The van der Waals surface area contributed by atoms with E-state index < -0.39 is 0 Å². The van der Waals surface area contributed by atoms with Crippen molar-refractivity contribution in [2.75, 3.05) is 10.6 Å². The summed E-state index contributed by atoms with van der Waals surface area (Å²) >= 11 is 5.74. The monoisotopic (exact) mass is 330 g/mol. The lowest BCUT2D eigenvalue weighted by molar-refractivity contribution is -0.115. The first-order chi connectivity index (χ1) is 10.5. The van der Waals surface area contributed by atoms with Crippen molar-refractivity contribution in [1.29, 1.82) is 0 Å². The van der Waals surface area contributed by atoms with Gasteiger partial charge in [0.2, 0.25) is 5.91 Å². The van der Waals surface area contributed by atoms with Gasteiger partial charge >= 0.3 is 0 Å². The van der Waals surface area contributed by atoms with Gasteiger partial charge < -0.3 is 10.6 Å². The second kappa shape index (κ2) is 6.06. The Morgan fingerprint density at radius 1 is 1.27 bits per heavy atom. The van der Waals surface area contributed by atoms with Gasteiger partial charge in [0.1, 0.15) is 0 Å². The van der Waals surface area contributed by atoms with Gasteiger partial charge in [-0.15, -0.1) is 24.4 Å². The first-order valence-electron chi connectivity index (χ1n) is 6.75. The second-order valence-corrected chi connectivity index (χ2v) is 6.86. The van der Waals surface area contributed by atoms with E-state index >= 15 is 0 Å². The van der Waals surface area contributed by atoms with E-state index in [0.29, 0.717) is 16.9 Å². The van der Waals surface area contributed by atoms with Gasteiger partial charge in [-0.1, -0.05) is 6.07 Å². The van der Waals surface area contributed by atoms with Crippen molar-refractivity contribution in [3.8, 4) is 0 Å². The Kier molecular flexibility index (Phi) is 4.13.